The third-order valence-electron chi connectivity index (χ3n) is 4.10. The van der Waals surface area contributed by atoms with E-state index in [0.717, 1.165) is 0 Å². The summed E-state index contributed by atoms with van der Waals surface area (Å²) in [5.41, 5.74) is 0.602. The van der Waals surface area contributed by atoms with Crippen LogP contribution in [0, 0.1) is 11.3 Å². The van der Waals surface area contributed by atoms with E-state index in [-0.39, 0.29) is 29.5 Å². The number of carbonyl (C=O) groups excluding carboxylic acids is 1. The van der Waals surface area contributed by atoms with Gasteiger partial charge in [0.15, 0.2) is 0 Å². The minimum absolute atomic E-state index is 0.00420. The number of piperazine rings is 1. The predicted molar refractivity (Wildman–Crippen MR) is 89.0 cm³/mol. The molecule has 130 valence electrons. The number of amides is 1. The zero-order valence-electron chi connectivity index (χ0n) is 13.7. The fraction of sp³-hybridized carbons (Fsp3) is 0.312. The number of hydrogen-bond acceptors (Lipinski definition) is 5. The zero-order valence-corrected chi connectivity index (χ0v) is 14.5. The van der Waals surface area contributed by atoms with Crippen molar-refractivity contribution in [2.75, 3.05) is 26.2 Å². The molecule has 1 aliphatic rings. The van der Waals surface area contributed by atoms with E-state index in [0.29, 0.717) is 18.7 Å². The molecule has 1 saturated heterocycles. The van der Waals surface area contributed by atoms with Crippen molar-refractivity contribution in [3.05, 3.63) is 47.8 Å². The Labute approximate surface area is 145 Å². The molecule has 2 heterocycles. The molecule has 0 bridgehead atoms. The van der Waals surface area contributed by atoms with Crippen LogP contribution in [0.15, 0.2) is 41.6 Å². The molecule has 1 aromatic heterocycles. The second kappa shape index (κ2) is 6.66. The summed E-state index contributed by atoms with van der Waals surface area (Å²) in [5.74, 6) is -0.164. The first kappa shape index (κ1) is 17.1. The summed E-state index contributed by atoms with van der Waals surface area (Å²) < 4.78 is 28.4. The number of nitrogens with zero attached hydrogens (tertiary/aromatic N) is 5. The minimum atomic E-state index is -3.76. The van der Waals surface area contributed by atoms with E-state index in [1.807, 2.05) is 6.07 Å². The van der Waals surface area contributed by atoms with E-state index < -0.39 is 10.0 Å². The van der Waals surface area contributed by atoms with Crippen LogP contribution in [0.3, 0.4) is 0 Å². The van der Waals surface area contributed by atoms with Gasteiger partial charge in [-0.2, -0.15) is 14.7 Å². The van der Waals surface area contributed by atoms with E-state index in [9.17, 15) is 13.2 Å². The molecule has 0 unspecified atom stereocenters. The number of hydrogen-bond donors (Lipinski definition) is 0. The highest BCUT2D eigenvalue weighted by molar-refractivity contribution is 7.89. The molecular weight excluding hydrogens is 342 g/mol. The first-order valence-corrected chi connectivity index (χ1v) is 9.14. The molecule has 1 aromatic carbocycles. The Kier molecular flexibility index (Phi) is 4.57. The maximum atomic E-state index is 12.8. The van der Waals surface area contributed by atoms with E-state index in [1.54, 1.807) is 35.0 Å². The van der Waals surface area contributed by atoms with Gasteiger partial charge in [-0.05, 0) is 12.1 Å². The fourth-order valence-electron chi connectivity index (χ4n) is 2.77. The quantitative estimate of drug-likeness (QED) is 0.792. The Morgan fingerprint density at radius 1 is 1.20 bits per heavy atom. The van der Waals surface area contributed by atoms with Gasteiger partial charge in [-0.1, -0.05) is 12.1 Å². The topological polar surface area (TPSA) is 99.3 Å². The monoisotopic (exact) mass is 359 g/mol. The Morgan fingerprint density at radius 2 is 1.88 bits per heavy atom. The standard InChI is InChI=1S/C16H17N5O3S/c1-19-12-14(11-18-19)16(22)20-6-8-21(9-7-20)25(23,24)15-5-3-2-4-13(15)10-17/h2-5,11-12H,6-9H2,1H3. The van der Waals surface area contributed by atoms with Crippen LogP contribution < -0.4 is 0 Å². The Morgan fingerprint density at radius 3 is 2.48 bits per heavy atom. The summed E-state index contributed by atoms with van der Waals surface area (Å²) in [6.07, 6.45) is 3.13. The molecule has 1 amide bonds. The molecule has 1 aliphatic heterocycles. The lowest BCUT2D eigenvalue weighted by atomic mass is 10.2. The van der Waals surface area contributed by atoms with Crippen molar-refractivity contribution in [2.45, 2.75) is 4.90 Å². The molecule has 0 N–H and O–H groups in total. The number of benzene rings is 1. The Balaban J connectivity index is 1.74. The zero-order chi connectivity index (χ0) is 18.0. The Bertz CT molecular complexity index is 937. The van der Waals surface area contributed by atoms with E-state index >= 15 is 0 Å². The van der Waals surface area contributed by atoms with Gasteiger partial charge in [0.25, 0.3) is 5.91 Å². The SMILES string of the molecule is Cn1cc(C(=O)N2CCN(S(=O)(=O)c3ccccc3C#N)CC2)cn1. The van der Waals surface area contributed by atoms with Crippen molar-refractivity contribution in [2.24, 2.45) is 7.05 Å². The molecule has 0 saturated carbocycles. The van der Waals surface area contributed by atoms with Gasteiger partial charge in [0.1, 0.15) is 6.07 Å². The predicted octanol–water partition coefficient (Wildman–Crippen LogP) is 0.438. The maximum absolute atomic E-state index is 12.8. The van der Waals surface area contributed by atoms with Crippen LogP contribution in [0.4, 0.5) is 0 Å². The van der Waals surface area contributed by atoms with Crippen LogP contribution in [0.25, 0.3) is 0 Å². The molecule has 0 radical (unpaired) electrons. The number of aryl methyl sites for hydroxylation is 1. The third kappa shape index (κ3) is 3.26. The maximum Gasteiger partial charge on any atom is 0.257 e. The lowest BCUT2D eigenvalue weighted by Gasteiger charge is -2.33. The van der Waals surface area contributed by atoms with Gasteiger partial charge in [0, 0.05) is 39.4 Å². The molecule has 3 rings (SSSR count). The Hall–Kier alpha value is -2.70. The van der Waals surface area contributed by atoms with Gasteiger partial charge in [-0.3, -0.25) is 9.48 Å². The first-order chi connectivity index (χ1) is 11.9. The molecular formula is C16H17N5O3S. The van der Waals surface area contributed by atoms with Crippen molar-refractivity contribution >= 4 is 15.9 Å². The number of sulfonamides is 1. The van der Waals surface area contributed by atoms with Gasteiger partial charge in [0.05, 0.1) is 22.2 Å². The molecule has 2 aromatic rings. The molecule has 8 nitrogen and oxygen atoms in total. The highest BCUT2D eigenvalue weighted by Crippen LogP contribution is 2.21. The molecule has 0 atom stereocenters. The highest BCUT2D eigenvalue weighted by atomic mass is 32.2. The summed E-state index contributed by atoms with van der Waals surface area (Å²) in [6, 6.07) is 8.04. The second-order valence-electron chi connectivity index (χ2n) is 5.71. The lowest BCUT2D eigenvalue weighted by molar-refractivity contribution is 0.0698. The van der Waals surface area contributed by atoms with Crippen LogP contribution in [0.5, 0.6) is 0 Å². The number of carbonyl (C=O) groups is 1. The molecule has 0 spiro atoms. The molecule has 0 aliphatic carbocycles. The van der Waals surface area contributed by atoms with Gasteiger partial charge >= 0.3 is 0 Å². The third-order valence-corrected chi connectivity index (χ3v) is 6.06. The number of rotatable bonds is 3. The van der Waals surface area contributed by atoms with E-state index in [4.69, 9.17) is 5.26 Å². The number of nitriles is 1. The molecule has 25 heavy (non-hydrogen) atoms. The van der Waals surface area contributed by atoms with Crippen molar-refractivity contribution in [1.29, 1.82) is 5.26 Å². The molecule has 1 fully saturated rings. The normalized spacial score (nSPS) is 15.8. The second-order valence-corrected chi connectivity index (χ2v) is 7.61. The number of aromatic nitrogens is 2. The molecule has 9 heteroatoms. The first-order valence-electron chi connectivity index (χ1n) is 7.70. The summed E-state index contributed by atoms with van der Waals surface area (Å²) in [5, 5.41) is 13.1. The summed E-state index contributed by atoms with van der Waals surface area (Å²) >= 11 is 0. The summed E-state index contributed by atoms with van der Waals surface area (Å²) in [6.45, 7) is 0.964. The highest BCUT2D eigenvalue weighted by Gasteiger charge is 2.32. The average molecular weight is 359 g/mol. The van der Waals surface area contributed by atoms with Crippen LogP contribution >= 0.6 is 0 Å². The average Bonchev–Trinajstić information content (AvgIpc) is 3.07. The van der Waals surface area contributed by atoms with E-state index in [2.05, 4.69) is 5.10 Å². The van der Waals surface area contributed by atoms with Gasteiger partial charge in [0.2, 0.25) is 10.0 Å². The van der Waals surface area contributed by atoms with E-state index in [1.165, 1.54) is 22.6 Å². The summed E-state index contributed by atoms with van der Waals surface area (Å²) in [7, 11) is -2.03. The van der Waals surface area contributed by atoms with Crippen molar-refractivity contribution in [3.63, 3.8) is 0 Å². The van der Waals surface area contributed by atoms with Gasteiger partial charge < -0.3 is 4.90 Å². The largest absolute Gasteiger partial charge is 0.336 e. The fourth-order valence-corrected chi connectivity index (χ4v) is 4.33. The minimum Gasteiger partial charge on any atom is -0.336 e. The van der Waals surface area contributed by atoms with Crippen molar-refractivity contribution in [1.82, 2.24) is 19.0 Å². The van der Waals surface area contributed by atoms with Crippen molar-refractivity contribution < 1.29 is 13.2 Å². The van der Waals surface area contributed by atoms with Crippen LogP contribution in [0.2, 0.25) is 0 Å². The summed E-state index contributed by atoms with van der Waals surface area (Å²) in [4.78, 5) is 14.0. The van der Waals surface area contributed by atoms with Crippen LogP contribution in [0.1, 0.15) is 15.9 Å². The smallest absolute Gasteiger partial charge is 0.257 e. The lowest BCUT2D eigenvalue weighted by Crippen LogP contribution is -2.50. The van der Waals surface area contributed by atoms with Crippen molar-refractivity contribution in [3.8, 4) is 6.07 Å². The van der Waals surface area contributed by atoms with Crippen LogP contribution in [-0.4, -0.2) is 59.5 Å². The van der Waals surface area contributed by atoms with Crippen LogP contribution in [-0.2, 0) is 17.1 Å². The van der Waals surface area contributed by atoms with Gasteiger partial charge in [-0.15, -0.1) is 0 Å². The van der Waals surface area contributed by atoms with Gasteiger partial charge in [-0.25, -0.2) is 8.42 Å².